The smallest absolute Gasteiger partial charge is 0.340 e. The molecule has 1 amide bonds. The summed E-state index contributed by atoms with van der Waals surface area (Å²) < 4.78 is 6.27. The van der Waals surface area contributed by atoms with E-state index in [1.54, 1.807) is 51.0 Å². The fraction of sp³-hybridized carbons (Fsp3) is 0.412. The number of amides is 1. The molecule has 0 fully saturated rings. The van der Waals surface area contributed by atoms with Gasteiger partial charge in [0.05, 0.1) is 18.2 Å². The highest BCUT2D eigenvalue weighted by Crippen LogP contribution is 2.24. The molecule has 0 atom stereocenters. The number of ether oxygens (including phenoxy) is 1. The van der Waals surface area contributed by atoms with Gasteiger partial charge in [-0.25, -0.2) is 4.79 Å². The molecular weight excluding hydrogens is 392 g/mol. The summed E-state index contributed by atoms with van der Waals surface area (Å²) in [5.41, 5.74) is 2.15. The lowest BCUT2D eigenvalue weighted by atomic mass is 10.1. The number of nitrogens with one attached hydrogen (secondary N) is 1. The van der Waals surface area contributed by atoms with Crippen molar-refractivity contribution in [2.45, 2.75) is 40.3 Å². The van der Waals surface area contributed by atoms with Gasteiger partial charge >= 0.3 is 5.97 Å². The summed E-state index contributed by atoms with van der Waals surface area (Å²) >= 11 is 5.00. The molecule has 24 heavy (non-hydrogen) atoms. The fourth-order valence-electron chi connectivity index (χ4n) is 2.48. The zero-order chi connectivity index (χ0) is 18.0. The van der Waals surface area contributed by atoms with Crippen molar-refractivity contribution in [1.82, 2.24) is 9.88 Å². The predicted molar refractivity (Wildman–Crippen MR) is 98.6 cm³/mol. The third-order valence-corrected chi connectivity index (χ3v) is 5.24. The Morgan fingerprint density at radius 1 is 1.38 bits per heavy atom. The van der Waals surface area contributed by atoms with Gasteiger partial charge in [-0.2, -0.15) is 0 Å². The molecule has 0 saturated heterocycles. The highest BCUT2D eigenvalue weighted by molar-refractivity contribution is 9.10. The van der Waals surface area contributed by atoms with Crippen molar-refractivity contribution >= 4 is 39.1 Å². The number of hydrogen-bond donors (Lipinski definition) is 1. The molecule has 0 aromatic carbocycles. The minimum absolute atomic E-state index is 0.149. The molecule has 2 heterocycles. The highest BCUT2D eigenvalue weighted by atomic mass is 79.9. The van der Waals surface area contributed by atoms with E-state index in [9.17, 15) is 9.59 Å². The number of H-pyrrole nitrogens is 1. The van der Waals surface area contributed by atoms with Crippen molar-refractivity contribution in [3.05, 3.63) is 43.3 Å². The summed E-state index contributed by atoms with van der Waals surface area (Å²) in [7, 11) is 1.75. The number of halogens is 1. The number of carbonyl (C=O) groups excluding carboxylic acids is 2. The minimum Gasteiger partial charge on any atom is -0.459 e. The van der Waals surface area contributed by atoms with Crippen LogP contribution in [0.2, 0.25) is 0 Å². The van der Waals surface area contributed by atoms with E-state index >= 15 is 0 Å². The van der Waals surface area contributed by atoms with Gasteiger partial charge in [0.2, 0.25) is 0 Å². The number of rotatable bonds is 5. The van der Waals surface area contributed by atoms with Crippen LogP contribution in [0.4, 0.5) is 0 Å². The van der Waals surface area contributed by atoms with Crippen LogP contribution in [0.1, 0.15) is 50.8 Å². The molecule has 0 spiro atoms. The van der Waals surface area contributed by atoms with Gasteiger partial charge in [0.15, 0.2) is 0 Å². The second-order valence-corrected chi connectivity index (χ2v) is 7.88. The second kappa shape index (κ2) is 7.53. The van der Waals surface area contributed by atoms with Crippen LogP contribution in [0.15, 0.2) is 15.9 Å². The summed E-state index contributed by atoms with van der Waals surface area (Å²) in [6, 6.07) is 1.99. The average molecular weight is 413 g/mol. The average Bonchev–Trinajstić information content (AvgIpc) is 3.00. The van der Waals surface area contributed by atoms with Crippen molar-refractivity contribution in [1.29, 1.82) is 0 Å². The van der Waals surface area contributed by atoms with Crippen molar-refractivity contribution in [2.24, 2.45) is 0 Å². The summed E-state index contributed by atoms with van der Waals surface area (Å²) in [4.78, 5) is 30.7. The molecule has 2 aromatic heterocycles. The number of thiophene rings is 1. The van der Waals surface area contributed by atoms with Gasteiger partial charge in [0, 0.05) is 27.5 Å². The number of nitrogens with zero attached hydrogens (tertiary/aromatic N) is 1. The first kappa shape index (κ1) is 18.7. The van der Waals surface area contributed by atoms with Gasteiger partial charge in [0.25, 0.3) is 5.91 Å². The number of hydrogen-bond acceptors (Lipinski definition) is 4. The monoisotopic (exact) mass is 412 g/mol. The van der Waals surface area contributed by atoms with Crippen molar-refractivity contribution in [3.63, 3.8) is 0 Å². The molecule has 7 heteroatoms. The van der Waals surface area contributed by atoms with Gasteiger partial charge in [-0.1, -0.05) is 0 Å². The Morgan fingerprint density at radius 2 is 2.04 bits per heavy atom. The molecule has 1 N–H and O–H groups in total. The van der Waals surface area contributed by atoms with E-state index < -0.39 is 5.97 Å². The Labute approximate surface area is 154 Å². The lowest BCUT2D eigenvalue weighted by Crippen LogP contribution is -2.26. The quantitative estimate of drug-likeness (QED) is 0.744. The molecule has 2 aromatic rings. The SMILES string of the molecule is Cc1[nH]c(C(=O)N(C)Cc2cc(Br)cs2)c(C)c1C(=O)OC(C)C. The van der Waals surface area contributed by atoms with Crippen LogP contribution in [0.25, 0.3) is 0 Å². The summed E-state index contributed by atoms with van der Waals surface area (Å²) in [6.07, 6.45) is -0.203. The lowest BCUT2D eigenvalue weighted by Gasteiger charge is -2.16. The number of aryl methyl sites for hydroxylation is 1. The summed E-state index contributed by atoms with van der Waals surface area (Å²) in [5, 5.41) is 1.98. The lowest BCUT2D eigenvalue weighted by molar-refractivity contribution is 0.0376. The normalized spacial score (nSPS) is 11.0. The molecule has 0 unspecified atom stereocenters. The number of carbonyl (C=O) groups is 2. The van der Waals surface area contributed by atoms with Gasteiger partial charge < -0.3 is 14.6 Å². The van der Waals surface area contributed by atoms with Gasteiger partial charge in [0.1, 0.15) is 5.69 Å². The fourth-order valence-corrected chi connectivity index (χ4v) is 3.98. The molecule has 2 rings (SSSR count). The predicted octanol–water partition coefficient (Wildman–Crippen LogP) is 4.29. The van der Waals surface area contributed by atoms with E-state index in [4.69, 9.17) is 4.74 Å². The first-order chi connectivity index (χ1) is 11.2. The molecule has 130 valence electrons. The van der Waals surface area contributed by atoms with E-state index in [0.717, 1.165) is 9.35 Å². The van der Waals surface area contributed by atoms with E-state index in [-0.39, 0.29) is 12.0 Å². The van der Waals surface area contributed by atoms with Gasteiger partial charge in [-0.05, 0) is 55.3 Å². The van der Waals surface area contributed by atoms with Crippen LogP contribution in [0.3, 0.4) is 0 Å². The van der Waals surface area contributed by atoms with Crippen LogP contribution in [-0.2, 0) is 11.3 Å². The molecular formula is C17H21BrN2O3S. The summed E-state index contributed by atoms with van der Waals surface area (Å²) in [5.74, 6) is -0.552. The zero-order valence-corrected chi connectivity index (χ0v) is 16.8. The molecule has 0 radical (unpaired) electrons. The van der Waals surface area contributed by atoms with Gasteiger partial charge in [-0.3, -0.25) is 4.79 Å². The van der Waals surface area contributed by atoms with Gasteiger partial charge in [-0.15, -0.1) is 11.3 Å². The third-order valence-electron chi connectivity index (χ3n) is 3.56. The maximum Gasteiger partial charge on any atom is 0.340 e. The maximum atomic E-state index is 12.7. The van der Waals surface area contributed by atoms with Crippen molar-refractivity contribution < 1.29 is 14.3 Å². The molecule has 0 bridgehead atoms. The zero-order valence-electron chi connectivity index (χ0n) is 14.4. The number of aromatic nitrogens is 1. The Hall–Kier alpha value is -1.60. The molecule has 0 aliphatic carbocycles. The number of esters is 1. The summed E-state index contributed by atoms with van der Waals surface area (Å²) in [6.45, 7) is 7.65. The largest absolute Gasteiger partial charge is 0.459 e. The first-order valence-corrected chi connectivity index (χ1v) is 9.26. The van der Waals surface area contributed by atoms with Crippen LogP contribution >= 0.6 is 27.3 Å². The van der Waals surface area contributed by atoms with E-state index in [1.807, 2.05) is 11.4 Å². The Balaban J connectivity index is 2.22. The van der Waals surface area contributed by atoms with E-state index in [1.165, 1.54) is 0 Å². The van der Waals surface area contributed by atoms with E-state index in [0.29, 0.717) is 29.1 Å². The highest BCUT2D eigenvalue weighted by Gasteiger charge is 2.25. The minimum atomic E-state index is -0.403. The molecule has 0 saturated carbocycles. The molecule has 0 aliphatic rings. The van der Waals surface area contributed by atoms with Crippen LogP contribution < -0.4 is 0 Å². The Bertz CT molecular complexity index is 764. The van der Waals surface area contributed by atoms with Crippen LogP contribution in [0.5, 0.6) is 0 Å². The van der Waals surface area contributed by atoms with E-state index in [2.05, 4.69) is 20.9 Å². The standard InChI is InChI=1S/C17H21BrN2O3S/c1-9(2)23-17(22)14-10(3)15(19-11(14)4)16(21)20(5)7-13-6-12(18)8-24-13/h6,8-9,19H,7H2,1-5H3. The Morgan fingerprint density at radius 3 is 2.58 bits per heavy atom. The van der Waals surface area contributed by atoms with Crippen LogP contribution in [0, 0.1) is 13.8 Å². The molecule has 0 aliphatic heterocycles. The van der Waals surface area contributed by atoms with Crippen LogP contribution in [-0.4, -0.2) is 34.9 Å². The Kier molecular flexibility index (Phi) is 5.87. The first-order valence-electron chi connectivity index (χ1n) is 7.59. The maximum absolute atomic E-state index is 12.7. The topological polar surface area (TPSA) is 62.4 Å². The third kappa shape index (κ3) is 4.08. The van der Waals surface area contributed by atoms with Crippen molar-refractivity contribution in [2.75, 3.05) is 7.05 Å². The van der Waals surface area contributed by atoms with Crippen molar-refractivity contribution in [3.8, 4) is 0 Å². The molecule has 5 nitrogen and oxygen atoms in total. The second-order valence-electron chi connectivity index (χ2n) is 5.97. The number of aromatic amines is 1.